The van der Waals surface area contributed by atoms with Crippen molar-refractivity contribution in [2.45, 2.75) is 0 Å². The molecule has 0 aliphatic rings. The summed E-state index contributed by atoms with van der Waals surface area (Å²) < 4.78 is 25.6. The van der Waals surface area contributed by atoms with E-state index in [1.807, 2.05) is 0 Å². The molecule has 0 bridgehead atoms. The maximum Gasteiger partial charge on any atom is 2.00 e. The van der Waals surface area contributed by atoms with Crippen molar-refractivity contribution in [3.63, 3.8) is 0 Å². The summed E-state index contributed by atoms with van der Waals surface area (Å²) >= 11 is 0. The maximum atomic E-state index is 8.52. The van der Waals surface area contributed by atoms with Gasteiger partial charge in [0.15, 0.2) is 0 Å². The van der Waals surface area contributed by atoms with Gasteiger partial charge in [-0.25, -0.2) is 0 Å². The molecule has 0 aliphatic heterocycles. The molecule has 0 spiro atoms. The minimum absolute atomic E-state index is 0. The molecule has 0 aromatic rings. The average Bonchev–Trinajstić information content (AvgIpc) is 1.54. The third-order valence-electron chi connectivity index (χ3n) is 0. The Morgan fingerprint density at radius 2 is 0.529 bits per heavy atom. The second-order valence-corrected chi connectivity index (χ2v) is 2.25. The molecule has 11 nitrogen and oxygen atoms in total. The molecule has 0 saturated heterocycles. The molecule has 0 fully saturated rings. The van der Waals surface area contributed by atoms with Gasteiger partial charge in [0.2, 0.25) is 0 Å². The van der Waals surface area contributed by atoms with Crippen molar-refractivity contribution in [3.05, 3.63) is 0 Å². The first-order chi connectivity index (χ1) is 5.20. The Labute approximate surface area is 179 Å². The Morgan fingerprint density at radius 1 is 0.529 bits per heavy atom. The van der Waals surface area contributed by atoms with Crippen LogP contribution in [0.4, 0.5) is 0 Å². The molecule has 17 heteroatoms. The number of hydrogen-bond acceptors (Lipinski definition) is 9. The van der Waals surface area contributed by atoms with E-state index >= 15 is 0 Å². The molecular weight excluding hydrogens is 580 g/mol. The Bertz CT molecular complexity index is 122. The molecule has 0 radical (unpaired) electrons. The van der Waals surface area contributed by atoms with E-state index in [0.29, 0.717) is 0 Å². The second kappa shape index (κ2) is 43.0. The summed E-state index contributed by atoms with van der Waals surface area (Å²) in [6.45, 7) is 0. The van der Waals surface area contributed by atoms with E-state index in [2.05, 4.69) is 0 Å². The second-order valence-electron chi connectivity index (χ2n) is 0.750. The van der Waals surface area contributed by atoms with E-state index in [4.69, 9.17) is 42.2 Å². The molecule has 0 aromatic heterocycles. The van der Waals surface area contributed by atoms with Crippen LogP contribution in [-0.4, -0.2) is 87.3 Å². The molecule has 0 unspecified atom stereocenters. The van der Waals surface area contributed by atoms with Gasteiger partial charge in [-0.1, -0.05) is 0 Å². The van der Waals surface area contributed by atoms with Crippen molar-refractivity contribution in [1.82, 2.24) is 0 Å². The van der Waals surface area contributed by atoms with Gasteiger partial charge >= 0.3 is 101 Å². The molecule has 0 amide bonds. The average molecular weight is 584 g/mol. The Kier molecular flexibility index (Phi) is 128. The summed E-state index contributed by atoms with van der Waals surface area (Å²) in [5.41, 5.74) is 0. The zero-order valence-electron chi connectivity index (χ0n) is 7.88. The van der Waals surface area contributed by atoms with Crippen LogP contribution >= 0.6 is 0 Å². The van der Waals surface area contributed by atoms with Gasteiger partial charge in [-0.05, 0) is 0 Å². The van der Waals surface area contributed by atoms with E-state index in [-0.39, 0.29) is 112 Å². The largest absolute Gasteiger partial charge is 2.00 e. The van der Waals surface area contributed by atoms with Gasteiger partial charge in [-0.3, -0.25) is 0 Å². The monoisotopic (exact) mass is 582 g/mol. The van der Waals surface area contributed by atoms with Gasteiger partial charge in [0.05, 0.1) is 0 Å². The number of hydrogen-bond donors (Lipinski definition) is 0. The van der Waals surface area contributed by atoms with Crippen LogP contribution in [0.15, 0.2) is 0 Å². The Morgan fingerprint density at radius 3 is 0.529 bits per heavy atom. The zero-order chi connectivity index (χ0) is 10.7. The third-order valence-corrected chi connectivity index (χ3v) is 0. The predicted octanol–water partition coefficient (Wildman–Crippen LogP) is -10.7. The zero-order valence-corrected chi connectivity index (χ0v) is 20.2. The summed E-state index contributed by atoms with van der Waals surface area (Å²) in [5, 5.41) is 0. The molecule has 4 N–H and O–H groups in total. The topological polar surface area (TPSA) is 253 Å². The van der Waals surface area contributed by atoms with Gasteiger partial charge in [-0.2, -0.15) is 0 Å². The van der Waals surface area contributed by atoms with Crippen LogP contribution in [0.1, 0.15) is 0 Å². The van der Waals surface area contributed by atoms with E-state index in [1.165, 1.54) is 0 Å². The van der Waals surface area contributed by atoms with Crippen LogP contribution in [-0.2, 0) is 65.8 Å². The van der Waals surface area contributed by atoms with E-state index < -0.39 is 27.5 Å². The molecule has 0 rings (SSSR count). The summed E-state index contributed by atoms with van der Waals surface area (Å²) in [7, 11) is -10.9. The minimum Gasteiger partial charge on any atom is -0.672 e. The van der Waals surface area contributed by atoms with Crippen LogP contribution in [0.2, 0.25) is 0 Å². The van der Waals surface area contributed by atoms with Gasteiger partial charge in [0.25, 0.3) is 0 Å². The summed E-state index contributed by atoms with van der Waals surface area (Å²) in [5.74, 6) is 0. The quantitative estimate of drug-likeness (QED) is 0.245. The first-order valence-corrected chi connectivity index (χ1v) is 5.51. The molecule has 92 valence electrons. The fourth-order valence-corrected chi connectivity index (χ4v) is 0. The fraction of sp³-hybridized carbons (Fsp3) is 0. The van der Waals surface area contributed by atoms with Crippen LogP contribution < -0.4 is 28.8 Å². The number of rotatable bonds is 0. The molecular formula is H4BaO11Si3Zr2. The third kappa shape index (κ3) is 1060. The molecule has 17 heavy (non-hydrogen) atoms. The molecule has 0 saturated carbocycles. The van der Waals surface area contributed by atoms with Crippen molar-refractivity contribution in [2.24, 2.45) is 0 Å². The molecule has 0 aromatic carbocycles. The Balaban J connectivity index is -0.0000000104. The van der Waals surface area contributed by atoms with Crippen molar-refractivity contribution in [2.75, 3.05) is 0 Å². The maximum absolute atomic E-state index is 8.52. The fourth-order valence-electron chi connectivity index (χ4n) is 0. The Hall–Kier alpha value is 2.11. The van der Waals surface area contributed by atoms with E-state index in [0.717, 1.165) is 0 Å². The van der Waals surface area contributed by atoms with E-state index in [9.17, 15) is 0 Å². The molecule has 0 aliphatic carbocycles. The van der Waals surface area contributed by atoms with Crippen molar-refractivity contribution >= 4 is 76.4 Å². The van der Waals surface area contributed by atoms with Crippen molar-refractivity contribution < 1.29 is 106 Å². The predicted molar refractivity (Wildman–Crippen MR) is 32.3 cm³/mol. The summed E-state index contributed by atoms with van der Waals surface area (Å²) in [6.07, 6.45) is 0. The smallest absolute Gasteiger partial charge is 0.672 e. The van der Waals surface area contributed by atoms with Crippen molar-refractivity contribution in [1.29, 1.82) is 0 Å². The summed E-state index contributed by atoms with van der Waals surface area (Å²) in [6, 6.07) is 0. The minimum atomic E-state index is -3.63. The van der Waals surface area contributed by atoms with Crippen LogP contribution in [0.3, 0.4) is 0 Å². The van der Waals surface area contributed by atoms with Crippen LogP contribution in [0.25, 0.3) is 0 Å². The first-order valence-electron chi connectivity index (χ1n) is 1.84. The standard InChI is InChI=1S/Ba.3O3Si.2H2O.2Zr/c;3*1-4(2)3;;;;/h;;;;2*1H2;;/q+2;3*-2;;;2*+2. The summed E-state index contributed by atoms with van der Waals surface area (Å²) in [4.78, 5) is 51.1. The normalized spacial score (nSPS) is 4.24. The van der Waals surface area contributed by atoms with Gasteiger partial charge in [-0.15, -0.1) is 0 Å². The SMILES string of the molecule is O.O.O=[Si]([O-])[O-].O=[Si]([O-])[O-].O=[Si]([O-])[O-].[Ba+2].[Zr+2].[Zr+2]. The van der Waals surface area contributed by atoms with Gasteiger partial charge in [0, 0.05) is 27.5 Å². The van der Waals surface area contributed by atoms with Crippen LogP contribution in [0.5, 0.6) is 0 Å². The van der Waals surface area contributed by atoms with Crippen LogP contribution in [0, 0.1) is 0 Å². The molecule has 0 atom stereocenters. The van der Waals surface area contributed by atoms with Gasteiger partial charge < -0.3 is 53.1 Å². The first kappa shape index (κ1) is 50.8. The van der Waals surface area contributed by atoms with Gasteiger partial charge in [0.1, 0.15) is 0 Å². The van der Waals surface area contributed by atoms with E-state index in [1.54, 1.807) is 0 Å². The van der Waals surface area contributed by atoms with Crippen molar-refractivity contribution in [3.8, 4) is 0 Å². The molecule has 0 heterocycles.